The molecule has 0 aliphatic heterocycles. The molecule has 0 fully saturated rings. The van der Waals surface area contributed by atoms with E-state index >= 15 is 0 Å². The van der Waals surface area contributed by atoms with Crippen molar-refractivity contribution in [2.24, 2.45) is 0 Å². The summed E-state index contributed by atoms with van der Waals surface area (Å²) >= 11 is 3.19. The second-order valence-corrected chi connectivity index (χ2v) is 5.00. The number of aromatic hydroxyl groups is 1. The predicted molar refractivity (Wildman–Crippen MR) is 74.9 cm³/mol. The Morgan fingerprint density at radius 1 is 1.26 bits per heavy atom. The molecular formula is C14H11BrFNO2. The molecule has 19 heavy (non-hydrogen) atoms. The van der Waals surface area contributed by atoms with Gasteiger partial charge in [0.05, 0.1) is 5.56 Å². The Balaban J connectivity index is 2.25. The lowest BCUT2D eigenvalue weighted by atomic mass is 10.1. The van der Waals surface area contributed by atoms with E-state index in [2.05, 4.69) is 21.2 Å². The monoisotopic (exact) mass is 323 g/mol. The molecule has 0 saturated carbocycles. The molecule has 0 spiro atoms. The summed E-state index contributed by atoms with van der Waals surface area (Å²) in [5.74, 6) is -0.980. The van der Waals surface area contributed by atoms with E-state index < -0.39 is 11.7 Å². The molecule has 0 radical (unpaired) electrons. The quantitative estimate of drug-likeness (QED) is 0.824. The third-order valence-corrected chi connectivity index (χ3v) is 3.12. The molecule has 2 rings (SSSR count). The summed E-state index contributed by atoms with van der Waals surface area (Å²) in [6.07, 6.45) is 0. The van der Waals surface area contributed by atoms with E-state index in [1.165, 1.54) is 24.3 Å². The normalized spacial score (nSPS) is 10.3. The number of anilines is 1. The number of halogens is 2. The molecule has 0 aromatic heterocycles. The van der Waals surface area contributed by atoms with Gasteiger partial charge < -0.3 is 10.4 Å². The fourth-order valence-electron chi connectivity index (χ4n) is 1.60. The predicted octanol–water partition coefficient (Wildman–Crippen LogP) is 3.85. The standard InChI is InChI=1S/C14H11BrFNO2/c1-8-6-10(3-5-13(8)18)17-14(19)11-7-9(15)2-4-12(11)16/h2-7,18H,1H3,(H,17,19). The van der Waals surface area contributed by atoms with E-state index in [0.29, 0.717) is 15.7 Å². The van der Waals surface area contributed by atoms with E-state index in [9.17, 15) is 14.3 Å². The minimum Gasteiger partial charge on any atom is -0.508 e. The number of phenols is 1. The summed E-state index contributed by atoms with van der Waals surface area (Å²) < 4.78 is 14.2. The van der Waals surface area contributed by atoms with Gasteiger partial charge in [-0.2, -0.15) is 0 Å². The number of nitrogens with one attached hydrogen (secondary N) is 1. The number of amides is 1. The second kappa shape index (κ2) is 5.40. The van der Waals surface area contributed by atoms with E-state index in [-0.39, 0.29) is 11.3 Å². The van der Waals surface area contributed by atoms with Crippen LogP contribution in [0.5, 0.6) is 5.75 Å². The van der Waals surface area contributed by atoms with E-state index in [1.54, 1.807) is 19.1 Å². The molecule has 2 N–H and O–H groups in total. The van der Waals surface area contributed by atoms with Gasteiger partial charge in [0.1, 0.15) is 11.6 Å². The summed E-state index contributed by atoms with van der Waals surface area (Å²) in [5.41, 5.74) is 1.09. The van der Waals surface area contributed by atoms with Crippen LogP contribution in [0.3, 0.4) is 0 Å². The zero-order chi connectivity index (χ0) is 14.0. The van der Waals surface area contributed by atoms with Gasteiger partial charge in [-0.05, 0) is 48.9 Å². The largest absolute Gasteiger partial charge is 0.508 e. The van der Waals surface area contributed by atoms with Crippen LogP contribution in [-0.2, 0) is 0 Å². The first-order chi connectivity index (χ1) is 8.97. The molecule has 0 atom stereocenters. The molecule has 5 heteroatoms. The minimum atomic E-state index is -0.587. The smallest absolute Gasteiger partial charge is 0.258 e. The van der Waals surface area contributed by atoms with E-state index in [1.807, 2.05) is 0 Å². The van der Waals surface area contributed by atoms with Crippen LogP contribution in [0.25, 0.3) is 0 Å². The highest BCUT2D eigenvalue weighted by atomic mass is 79.9. The van der Waals surface area contributed by atoms with Gasteiger partial charge in [0.2, 0.25) is 0 Å². The Morgan fingerprint density at radius 2 is 2.00 bits per heavy atom. The number of phenolic OH excluding ortho intramolecular Hbond substituents is 1. The number of rotatable bonds is 2. The highest BCUT2D eigenvalue weighted by molar-refractivity contribution is 9.10. The number of hydrogen-bond acceptors (Lipinski definition) is 2. The second-order valence-electron chi connectivity index (χ2n) is 4.08. The zero-order valence-electron chi connectivity index (χ0n) is 10.1. The fourth-order valence-corrected chi connectivity index (χ4v) is 1.96. The summed E-state index contributed by atoms with van der Waals surface area (Å²) in [5, 5.41) is 12.0. The van der Waals surface area contributed by atoms with Crippen LogP contribution >= 0.6 is 15.9 Å². The summed E-state index contributed by atoms with van der Waals surface area (Å²) in [4.78, 5) is 11.9. The molecule has 3 nitrogen and oxygen atoms in total. The van der Waals surface area contributed by atoms with Crippen molar-refractivity contribution in [1.29, 1.82) is 0 Å². The summed E-state index contributed by atoms with van der Waals surface area (Å²) in [6, 6.07) is 8.80. The topological polar surface area (TPSA) is 49.3 Å². The molecule has 0 bridgehead atoms. The molecule has 0 heterocycles. The van der Waals surface area contributed by atoms with Gasteiger partial charge in [0.15, 0.2) is 0 Å². The van der Waals surface area contributed by atoms with E-state index in [4.69, 9.17) is 0 Å². The van der Waals surface area contributed by atoms with E-state index in [0.717, 1.165) is 0 Å². The van der Waals surface area contributed by atoms with Crippen LogP contribution in [-0.4, -0.2) is 11.0 Å². The van der Waals surface area contributed by atoms with Gasteiger partial charge in [-0.15, -0.1) is 0 Å². The summed E-state index contributed by atoms with van der Waals surface area (Å²) in [6.45, 7) is 1.71. The number of carbonyl (C=O) groups is 1. The van der Waals surface area contributed by atoms with Crippen molar-refractivity contribution in [3.63, 3.8) is 0 Å². The summed E-state index contributed by atoms with van der Waals surface area (Å²) in [7, 11) is 0. The SMILES string of the molecule is Cc1cc(NC(=O)c2cc(Br)ccc2F)ccc1O. The molecule has 98 valence electrons. The maximum Gasteiger partial charge on any atom is 0.258 e. The van der Waals surface area contributed by atoms with Gasteiger partial charge in [-0.1, -0.05) is 15.9 Å². The van der Waals surface area contributed by atoms with Crippen molar-refractivity contribution in [3.05, 3.63) is 57.8 Å². The average molecular weight is 324 g/mol. The third-order valence-electron chi connectivity index (χ3n) is 2.63. The number of benzene rings is 2. The first-order valence-electron chi connectivity index (χ1n) is 5.53. The Morgan fingerprint density at radius 3 is 2.68 bits per heavy atom. The highest BCUT2D eigenvalue weighted by Crippen LogP contribution is 2.22. The zero-order valence-corrected chi connectivity index (χ0v) is 11.7. The van der Waals surface area contributed by atoms with Crippen molar-refractivity contribution in [2.45, 2.75) is 6.92 Å². The third kappa shape index (κ3) is 3.12. The van der Waals surface area contributed by atoms with Crippen molar-refractivity contribution in [2.75, 3.05) is 5.32 Å². The first kappa shape index (κ1) is 13.5. The maximum absolute atomic E-state index is 13.5. The molecule has 2 aromatic rings. The van der Waals surface area contributed by atoms with Crippen molar-refractivity contribution in [3.8, 4) is 5.75 Å². The molecule has 0 saturated heterocycles. The molecule has 0 aliphatic carbocycles. The van der Waals surface area contributed by atoms with Crippen LogP contribution in [0.1, 0.15) is 15.9 Å². The lowest BCUT2D eigenvalue weighted by Gasteiger charge is -2.08. The average Bonchev–Trinajstić information content (AvgIpc) is 2.36. The van der Waals surface area contributed by atoms with Gasteiger partial charge in [0.25, 0.3) is 5.91 Å². The lowest BCUT2D eigenvalue weighted by Crippen LogP contribution is -2.13. The molecule has 0 aliphatic rings. The minimum absolute atomic E-state index is 0.0416. The molecular weight excluding hydrogens is 313 g/mol. The molecule has 0 unspecified atom stereocenters. The first-order valence-corrected chi connectivity index (χ1v) is 6.32. The number of hydrogen-bond donors (Lipinski definition) is 2. The molecule has 1 amide bonds. The molecule has 2 aromatic carbocycles. The van der Waals surface area contributed by atoms with Gasteiger partial charge in [0, 0.05) is 10.2 Å². The number of aryl methyl sites for hydroxylation is 1. The van der Waals surface area contributed by atoms with Gasteiger partial charge >= 0.3 is 0 Å². The lowest BCUT2D eigenvalue weighted by molar-refractivity contribution is 0.102. The van der Waals surface area contributed by atoms with Crippen LogP contribution in [0.4, 0.5) is 10.1 Å². The van der Waals surface area contributed by atoms with Crippen LogP contribution in [0.15, 0.2) is 40.9 Å². The van der Waals surface area contributed by atoms with Crippen molar-refractivity contribution >= 4 is 27.5 Å². The fraction of sp³-hybridized carbons (Fsp3) is 0.0714. The number of carbonyl (C=O) groups excluding carboxylic acids is 1. The van der Waals surface area contributed by atoms with Gasteiger partial charge in [-0.3, -0.25) is 4.79 Å². The van der Waals surface area contributed by atoms with Crippen LogP contribution < -0.4 is 5.32 Å². The van der Waals surface area contributed by atoms with Gasteiger partial charge in [-0.25, -0.2) is 4.39 Å². The van der Waals surface area contributed by atoms with Crippen molar-refractivity contribution < 1.29 is 14.3 Å². The Labute approximate surface area is 118 Å². The van der Waals surface area contributed by atoms with Crippen LogP contribution in [0, 0.1) is 12.7 Å². The van der Waals surface area contributed by atoms with Crippen LogP contribution in [0.2, 0.25) is 0 Å². The maximum atomic E-state index is 13.5. The Kier molecular flexibility index (Phi) is 3.85. The Hall–Kier alpha value is -1.88. The highest BCUT2D eigenvalue weighted by Gasteiger charge is 2.12. The van der Waals surface area contributed by atoms with Crippen molar-refractivity contribution in [1.82, 2.24) is 0 Å². The Bertz CT molecular complexity index is 643.